The summed E-state index contributed by atoms with van der Waals surface area (Å²) in [7, 11) is 0. The van der Waals surface area contributed by atoms with Gasteiger partial charge in [0.05, 0.1) is 16.8 Å². The number of carbonyl (C=O) groups is 2. The molecular formula is C16H17BrClN3O3. The van der Waals surface area contributed by atoms with E-state index in [2.05, 4.69) is 26.3 Å². The molecule has 1 amide bonds. The first-order valence-corrected chi connectivity index (χ1v) is 8.47. The molecule has 1 heterocycles. The molecule has 8 heteroatoms. The van der Waals surface area contributed by atoms with Crippen LogP contribution in [0.4, 0.5) is 5.82 Å². The van der Waals surface area contributed by atoms with Crippen LogP contribution in [0.2, 0.25) is 5.02 Å². The third kappa shape index (κ3) is 4.36. The van der Waals surface area contributed by atoms with E-state index in [0.717, 1.165) is 0 Å². The van der Waals surface area contributed by atoms with Gasteiger partial charge in [-0.1, -0.05) is 27.5 Å². The highest BCUT2D eigenvalue weighted by Gasteiger charge is 2.22. The number of rotatable bonds is 5. The molecule has 1 aromatic heterocycles. The number of nitrogens with one attached hydrogen (secondary N) is 1. The van der Waals surface area contributed by atoms with E-state index >= 15 is 0 Å². The number of nitrogens with zero attached hydrogens (tertiary/aromatic N) is 2. The highest BCUT2D eigenvalue weighted by Crippen LogP contribution is 2.22. The molecule has 1 N–H and O–H groups in total. The van der Waals surface area contributed by atoms with Crippen molar-refractivity contribution in [1.29, 1.82) is 0 Å². The van der Waals surface area contributed by atoms with Gasteiger partial charge in [0.1, 0.15) is 5.82 Å². The number of hydrogen-bond acceptors (Lipinski definition) is 4. The smallest absolute Gasteiger partial charge is 0.340 e. The van der Waals surface area contributed by atoms with Gasteiger partial charge in [-0.15, -0.1) is 0 Å². The SMILES string of the molecule is CC(C)n1nccc1NC(=O)[C@@H](C)OC(=O)c1cc(Br)ccc1Cl. The Morgan fingerprint density at radius 2 is 2.00 bits per heavy atom. The number of esters is 1. The Hall–Kier alpha value is -1.86. The third-order valence-electron chi connectivity index (χ3n) is 3.21. The molecule has 0 saturated heterocycles. The van der Waals surface area contributed by atoms with Crippen LogP contribution in [0.5, 0.6) is 0 Å². The summed E-state index contributed by atoms with van der Waals surface area (Å²) in [5.41, 5.74) is 0.193. The van der Waals surface area contributed by atoms with E-state index in [9.17, 15) is 9.59 Å². The van der Waals surface area contributed by atoms with Gasteiger partial charge in [0.25, 0.3) is 5.91 Å². The summed E-state index contributed by atoms with van der Waals surface area (Å²) in [6.07, 6.45) is 0.608. The lowest BCUT2D eigenvalue weighted by atomic mass is 10.2. The molecule has 0 radical (unpaired) electrons. The van der Waals surface area contributed by atoms with E-state index in [-0.39, 0.29) is 16.6 Å². The number of anilines is 1. The van der Waals surface area contributed by atoms with Crippen LogP contribution in [-0.4, -0.2) is 27.8 Å². The molecule has 0 saturated carbocycles. The number of amides is 1. The van der Waals surface area contributed by atoms with Gasteiger partial charge in [0.2, 0.25) is 0 Å². The van der Waals surface area contributed by atoms with Crippen LogP contribution in [0.1, 0.15) is 37.2 Å². The molecule has 0 aliphatic rings. The Bertz CT molecular complexity index is 761. The molecule has 2 aromatic rings. The monoisotopic (exact) mass is 413 g/mol. The number of benzene rings is 1. The third-order valence-corrected chi connectivity index (χ3v) is 4.03. The van der Waals surface area contributed by atoms with Gasteiger partial charge in [-0.25, -0.2) is 9.48 Å². The first-order chi connectivity index (χ1) is 11.3. The average Bonchev–Trinajstić information content (AvgIpc) is 2.97. The van der Waals surface area contributed by atoms with Crippen molar-refractivity contribution in [3.8, 4) is 0 Å². The summed E-state index contributed by atoms with van der Waals surface area (Å²) < 4.78 is 7.55. The van der Waals surface area contributed by atoms with E-state index in [1.807, 2.05) is 13.8 Å². The number of ether oxygens (including phenoxy) is 1. The molecule has 2 rings (SSSR count). The maximum Gasteiger partial charge on any atom is 0.340 e. The zero-order chi connectivity index (χ0) is 17.9. The van der Waals surface area contributed by atoms with Crippen molar-refractivity contribution in [3.05, 3.63) is 45.5 Å². The van der Waals surface area contributed by atoms with Gasteiger partial charge < -0.3 is 10.1 Å². The molecule has 0 aliphatic carbocycles. The minimum absolute atomic E-state index is 0.0913. The van der Waals surface area contributed by atoms with Crippen LogP contribution in [-0.2, 0) is 9.53 Å². The summed E-state index contributed by atoms with van der Waals surface area (Å²) in [6.45, 7) is 5.39. The van der Waals surface area contributed by atoms with Crippen molar-refractivity contribution in [3.63, 3.8) is 0 Å². The topological polar surface area (TPSA) is 73.2 Å². The first-order valence-electron chi connectivity index (χ1n) is 7.30. The van der Waals surface area contributed by atoms with E-state index in [0.29, 0.717) is 10.3 Å². The van der Waals surface area contributed by atoms with Crippen LogP contribution >= 0.6 is 27.5 Å². The van der Waals surface area contributed by atoms with Gasteiger partial charge in [-0.2, -0.15) is 5.10 Å². The van der Waals surface area contributed by atoms with Gasteiger partial charge in [-0.3, -0.25) is 4.79 Å². The Morgan fingerprint density at radius 3 is 2.67 bits per heavy atom. The van der Waals surface area contributed by atoms with Crippen molar-refractivity contribution in [2.75, 3.05) is 5.32 Å². The second kappa shape index (κ2) is 7.81. The minimum atomic E-state index is -0.983. The Kier molecular flexibility index (Phi) is 6.01. The van der Waals surface area contributed by atoms with Crippen molar-refractivity contribution < 1.29 is 14.3 Å². The second-order valence-electron chi connectivity index (χ2n) is 5.42. The molecule has 0 spiro atoms. The van der Waals surface area contributed by atoms with Crippen LogP contribution in [0, 0.1) is 0 Å². The van der Waals surface area contributed by atoms with Gasteiger partial charge >= 0.3 is 5.97 Å². The predicted octanol–water partition coefficient (Wildman–Crippen LogP) is 4.06. The summed E-state index contributed by atoms with van der Waals surface area (Å²) >= 11 is 9.26. The Balaban J connectivity index is 2.04. The van der Waals surface area contributed by atoms with Crippen molar-refractivity contribution in [1.82, 2.24) is 9.78 Å². The van der Waals surface area contributed by atoms with Crippen LogP contribution < -0.4 is 5.32 Å². The minimum Gasteiger partial charge on any atom is -0.449 e. The van der Waals surface area contributed by atoms with Crippen molar-refractivity contribution >= 4 is 45.2 Å². The number of halogens is 2. The summed E-state index contributed by atoms with van der Waals surface area (Å²) in [5.74, 6) is -0.573. The zero-order valence-electron chi connectivity index (χ0n) is 13.4. The molecular weight excluding hydrogens is 398 g/mol. The zero-order valence-corrected chi connectivity index (χ0v) is 15.8. The predicted molar refractivity (Wildman–Crippen MR) is 95.3 cm³/mol. The molecule has 6 nitrogen and oxygen atoms in total. The molecule has 1 atom stereocenters. The normalized spacial score (nSPS) is 12.1. The van der Waals surface area contributed by atoms with E-state index in [1.54, 1.807) is 35.1 Å². The van der Waals surface area contributed by atoms with Gasteiger partial charge in [0.15, 0.2) is 6.10 Å². The fourth-order valence-electron chi connectivity index (χ4n) is 1.98. The van der Waals surface area contributed by atoms with E-state index in [4.69, 9.17) is 16.3 Å². The average molecular weight is 415 g/mol. The van der Waals surface area contributed by atoms with Crippen LogP contribution in [0.15, 0.2) is 34.9 Å². The Morgan fingerprint density at radius 1 is 1.29 bits per heavy atom. The lowest BCUT2D eigenvalue weighted by Gasteiger charge is -2.16. The van der Waals surface area contributed by atoms with Crippen molar-refractivity contribution in [2.45, 2.75) is 32.9 Å². The summed E-state index contributed by atoms with van der Waals surface area (Å²) in [4.78, 5) is 24.4. The highest BCUT2D eigenvalue weighted by molar-refractivity contribution is 9.10. The standard InChI is InChI=1S/C16H17BrClN3O3/c1-9(2)21-14(6-7-19-21)20-15(22)10(3)24-16(23)12-8-11(17)4-5-13(12)18/h4-10H,1-3H3,(H,20,22)/t10-/m1/s1. The van der Waals surface area contributed by atoms with E-state index in [1.165, 1.54) is 6.92 Å². The molecule has 0 fully saturated rings. The number of carbonyl (C=O) groups excluding carboxylic acids is 2. The largest absolute Gasteiger partial charge is 0.449 e. The fourth-order valence-corrected chi connectivity index (χ4v) is 2.54. The molecule has 1 aromatic carbocycles. The lowest BCUT2D eigenvalue weighted by Crippen LogP contribution is -2.31. The van der Waals surface area contributed by atoms with E-state index < -0.39 is 18.0 Å². The molecule has 24 heavy (non-hydrogen) atoms. The molecule has 0 unspecified atom stereocenters. The molecule has 0 bridgehead atoms. The molecule has 128 valence electrons. The lowest BCUT2D eigenvalue weighted by molar-refractivity contribution is -0.123. The van der Waals surface area contributed by atoms with Gasteiger partial charge in [-0.05, 0) is 39.0 Å². The van der Waals surface area contributed by atoms with Crippen LogP contribution in [0.25, 0.3) is 0 Å². The highest BCUT2D eigenvalue weighted by atomic mass is 79.9. The molecule has 0 aliphatic heterocycles. The first kappa shape index (κ1) is 18.5. The van der Waals surface area contributed by atoms with Crippen molar-refractivity contribution in [2.24, 2.45) is 0 Å². The van der Waals surface area contributed by atoms with Gasteiger partial charge in [0, 0.05) is 16.6 Å². The Labute approximate surface area is 153 Å². The second-order valence-corrected chi connectivity index (χ2v) is 6.74. The maximum atomic E-state index is 12.2. The quantitative estimate of drug-likeness (QED) is 0.749. The summed E-state index contributed by atoms with van der Waals surface area (Å²) in [5, 5.41) is 7.08. The maximum absolute atomic E-state index is 12.2. The summed E-state index contributed by atoms with van der Waals surface area (Å²) in [6, 6.07) is 6.60. The fraction of sp³-hybridized carbons (Fsp3) is 0.312. The number of hydrogen-bond donors (Lipinski definition) is 1. The number of aromatic nitrogens is 2. The van der Waals surface area contributed by atoms with Crippen LogP contribution in [0.3, 0.4) is 0 Å².